The molecule has 220 valence electrons. The minimum atomic E-state index is -1.12. The van der Waals surface area contributed by atoms with Crippen LogP contribution in [0.25, 0.3) is 0 Å². The Morgan fingerprint density at radius 2 is 1.47 bits per heavy atom. The van der Waals surface area contributed by atoms with Crippen molar-refractivity contribution in [2.24, 2.45) is 0 Å². The van der Waals surface area contributed by atoms with Crippen molar-refractivity contribution in [1.82, 2.24) is 5.32 Å². The fourth-order valence-electron chi connectivity index (χ4n) is 3.97. The Kier molecular flexibility index (Phi) is 10.9. The molecule has 10 heteroatoms. The summed E-state index contributed by atoms with van der Waals surface area (Å²) in [4.78, 5) is 38.5. The van der Waals surface area contributed by atoms with Gasteiger partial charge in [0.1, 0.15) is 18.1 Å². The third kappa shape index (κ3) is 9.20. The van der Waals surface area contributed by atoms with Crippen LogP contribution in [0.3, 0.4) is 0 Å². The Labute approximate surface area is 248 Å². The molecule has 0 saturated heterocycles. The highest BCUT2D eigenvalue weighted by molar-refractivity contribution is 6.03. The van der Waals surface area contributed by atoms with Crippen molar-refractivity contribution in [3.05, 3.63) is 132 Å². The summed E-state index contributed by atoms with van der Waals surface area (Å²) in [5.41, 5.74) is 7.53. The van der Waals surface area contributed by atoms with Crippen LogP contribution in [-0.2, 0) is 9.53 Å². The van der Waals surface area contributed by atoms with E-state index in [-0.39, 0.29) is 18.8 Å². The van der Waals surface area contributed by atoms with Crippen LogP contribution in [0.15, 0.2) is 121 Å². The molecule has 4 rings (SSSR count). The number of carbonyl (C=O) groups excluding carboxylic acids is 3. The zero-order chi connectivity index (χ0) is 30.4. The smallest absolute Gasteiger partial charge is 0.414 e. The maximum atomic E-state index is 13.0. The van der Waals surface area contributed by atoms with Crippen LogP contribution >= 0.6 is 0 Å². The first-order valence-electron chi connectivity index (χ1n) is 13.4. The molecule has 0 heterocycles. The molecule has 4 aromatic rings. The number of rotatable bonds is 12. The first-order chi connectivity index (χ1) is 20.9. The lowest BCUT2D eigenvalue weighted by Gasteiger charge is -2.26. The number of alkyl carbamates (subject to hydrolysis) is 1. The molecule has 3 amide bonds. The van der Waals surface area contributed by atoms with Crippen LogP contribution < -0.4 is 25.8 Å². The number of aliphatic hydroxyl groups is 1. The zero-order valence-electron chi connectivity index (χ0n) is 23.1. The van der Waals surface area contributed by atoms with E-state index < -0.39 is 30.1 Å². The summed E-state index contributed by atoms with van der Waals surface area (Å²) in [5.74, 6) is -0.207. The second-order valence-corrected chi connectivity index (χ2v) is 9.12. The number of anilines is 2. The molecule has 0 aromatic heterocycles. The van der Waals surface area contributed by atoms with Gasteiger partial charge in [-0.3, -0.25) is 14.9 Å². The van der Waals surface area contributed by atoms with E-state index in [1.807, 2.05) is 6.07 Å². The summed E-state index contributed by atoms with van der Waals surface area (Å²) in [6, 6.07) is 30.4. The van der Waals surface area contributed by atoms with E-state index in [0.29, 0.717) is 28.4 Å². The average molecular weight is 582 g/mol. The Morgan fingerprint density at radius 1 is 0.814 bits per heavy atom. The molecule has 0 fully saturated rings. The van der Waals surface area contributed by atoms with Crippen LogP contribution in [0.4, 0.5) is 16.2 Å². The zero-order valence-corrected chi connectivity index (χ0v) is 23.1. The molecule has 0 saturated carbocycles. The number of nitrogen functional groups attached to an aromatic ring is 1. The number of para-hydroxylation sites is 3. The summed E-state index contributed by atoms with van der Waals surface area (Å²) >= 11 is 0. The van der Waals surface area contributed by atoms with Crippen LogP contribution in [0.2, 0.25) is 0 Å². The van der Waals surface area contributed by atoms with Crippen LogP contribution in [-0.4, -0.2) is 42.3 Å². The van der Waals surface area contributed by atoms with Crippen molar-refractivity contribution in [2.45, 2.75) is 12.2 Å². The average Bonchev–Trinajstić information content (AvgIpc) is 3.03. The third-order valence-corrected chi connectivity index (χ3v) is 6.02. The number of amides is 3. The highest BCUT2D eigenvalue weighted by atomic mass is 16.6. The molecule has 2 atom stereocenters. The second-order valence-electron chi connectivity index (χ2n) is 9.12. The summed E-state index contributed by atoms with van der Waals surface area (Å²) in [5, 5.41) is 14.0. The lowest BCUT2D eigenvalue weighted by atomic mass is 10.0. The molecule has 0 spiro atoms. The number of nitrogens with two attached hydrogens (primary N) is 1. The van der Waals surface area contributed by atoms with Crippen LogP contribution in [0.5, 0.6) is 11.5 Å². The Bertz CT molecular complexity index is 1530. The van der Waals surface area contributed by atoms with Gasteiger partial charge in [-0.15, -0.1) is 0 Å². The fourth-order valence-corrected chi connectivity index (χ4v) is 3.97. The number of benzene rings is 4. The maximum absolute atomic E-state index is 13.0. The number of ether oxygens (including phenoxy) is 3. The molecule has 5 N–H and O–H groups in total. The van der Waals surface area contributed by atoms with Gasteiger partial charge in [0.15, 0.2) is 12.2 Å². The standard InChI is InChI=1S/C33H31N3O7/c34-27-13-7-8-14-28(27)35-30(38)20-19-29(42-26-11-5-2-6-12-26)31(23-15-17-25(18-16-23)41-22-21-37)43-33(40)36-32(39)24-9-3-1-4-10-24/h1-20,29,31,37H,21-22,34H2,(H,35,38)(H,36,39,40)/b20-19+/t29-,31-/m0/s1. The van der Waals surface area contributed by atoms with Crippen molar-refractivity contribution >= 4 is 29.3 Å². The Morgan fingerprint density at radius 3 is 2.14 bits per heavy atom. The van der Waals surface area contributed by atoms with E-state index in [1.165, 1.54) is 12.2 Å². The monoisotopic (exact) mass is 581 g/mol. The summed E-state index contributed by atoms with van der Waals surface area (Å²) in [6.45, 7) is -0.0512. The molecule has 0 unspecified atom stereocenters. The molecule has 0 radical (unpaired) electrons. The molecular weight excluding hydrogens is 550 g/mol. The van der Waals surface area contributed by atoms with E-state index in [4.69, 9.17) is 25.1 Å². The van der Waals surface area contributed by atoms with Crippen molar-refractivity contribution in [3.8, 4) is 11.5 Å². The number of nitrogens with one attached hydrogen (secondary N) is 2. The number of imide groups is 1. The molecule has 4 aromatic carbocycles. The topological polar surface area (TPSA) is 149 Å². The van der Waals surface area contributed by atoms with E-state index >= 15 is 0 Å². The number of aliphatic hydroxyl groups excluding tert-OH is 1. The van der Waals surface area contributed by atoms with Gasteiger partial charge in [0, 0.05) is 11.6 Å². The largest absolute Gasteiger partial charge is 0.491 e. The van der Waals surface area contributed by atoms with Gasteiger partial charge in [-0.25, -0.2) is 4.79 Å². The summed E-state index contributed by atoms with van der Waals surface area (Å²) in [7, 11) is 0. The maximum Gasteiger partial charge on any atom is 0.414 e. The predicted octanol–water partition coefficient (Wildman–Crippen LogP) is 4.89. The van der Waals surface area contributed by atoms with Gasteiger partial charge in [-0.2, -0.15) is 0 Å². The van der Waals surface area contributed by atoms with E-state index in [9.17, 15) is 14.4 Å². The van der Waals surface area contributed by atoms with Crippen LogP contribution in [0, 0.1) is 0 Å². The Balaban J connectivity index is 1.63. The molecule has 10 nitrogen and oxygen atoms in total. The SMILES string of the molecule is Nc1ccccc1NC(=O)/C=C/[C@H](Oc1ccccc1)[C@@H](OC(=O)NC(=O)c1ccccc1)c1ccc(OCCO)cc1. The summed E-state index contributed by atoms with van der Waals surface area (Å²) in [6.07, 6.45) is -0.461. The number of carbonyl (C=O) groups is 3. The molecule has 43 heavy (non-hydrogen) atoms. The van der Waals surface area contributed by atoms with Crippen molar-refractivity contribution in [3.63, 3.8) is 0 Å². The van der Waals surface area contributed by atoms with Gasteiger partial charge in [0.2, 0.25) is 5.91 Å². The minimum Gasteiger partial charge on any atom is -0.491 e. The normalized spacial score (nSPS) is 12.1. The first kappa shape index (κ1) is 30.4. The van der Waals surface area contributed by atoms with Gasteiger partial charge in [0.25, 0.3) is 5.91 Å². The second kappa shape index (κ2) is 15.4. The van der Waals surface area contributed by atoms with Gasteiger partial charge in [-0.05, 0) is 60.2 Å². The van der Waals surface area contributed by atoms with Crippen molar-refractivity contribution in [2.75, 3.05) is 24.3 Å². The number of hydrogen-bond acceptors (Lipinski definition) is 8. The number of hydrogen-bond donors (Lipinski definition) is 4. The third-order valence-electron chi connectivity index (χ3n) is 6.02. The van der Waals surface area contributed by atoms with Crippen LogP contribution in [0.1, 0.15) is 22.0 Å². The lowest BCUT2D eigenvalue weighted by Crippen LogP contribution is -2.36. The van der Waals surface area contributed by atoms with Crippen molar-refractivity contribution in [1.29, 1.82) is 0 Å². The summed E-state index contributed by atoms with van der Waals surface area (Å²) < 4.78 is 17.4. The lowest BCUT2D eigenvalue weighted by molar-refractivity contribution is -0.112. The molecular formula is C33H31N3O7. The van der Waals surface area contributed by atoms with E-state index in [0.717, 1.165) is 0 Å². The molecule has 0 aliphatic heterocycles. The van der Waals surface area contributed by atoms with Gasteiger partial charge < -0.3 is 30.4 Å². The predicted molar refractivity (Wildman–Crippen MR) is 162 cm³/mol. The highest BCUT2D eigenvalue weighted by Crippen LogP contribution is 2.29. The van der Waals surface area contributed by atoms with E-state index in [1.54, 1.807) is 103 Å². The fraction of sp³-hybridized carbons (Fsp3) is 0.121. The quantitative estimate of drug-likeness (QED) is 0.137. The molecule has 0 aliphatic rings. The highest BCUT2D eigenvalue weighted by Gasteiger charge is 2.29. The van der Waals surface area contributed by atoms with Crippen molar-refractivity contribution < 1.29 is 33.7 Å². The minimum absolute atomic E-state index is 0.104. The van der Waals surface area contributed by atoms with Gasteiger partial charge in [0.05, 0.1) is 18.0 Å². The van der Waals surface area contributed by atoms with E-state index in [2.05, 4.69) is 10.6 Å². The molecule has 0 bridgehead atoms. The van der Waals surface area contributed by atoms with Gasteiger partial charge in [-0.1, -0.05) is 60.7 Å². The first-order valence-corrected chi connectivity index (χ1v) is 13.4. The van der Waals surface area contributed by atoms with Gasteiger partial charge >= 0.3 is 6.09 Å². The Hall–Kier alpha value is -5.61. The molecule has 0 aliphatic carbocycles.